The first-order valence-electron chi connectivity index (χ1n) is 6.78. The molecule has 0 spiro atoms. The third kappa shape index (κ3) is 4.22. The Kier molecular flexibility index (Phi) is 6.32. The van der Waals surface area contributed by atoms with E-state index in [0.29, 0.717) is 12.6 Å². The lowest BCUT2D eigenvalue weighted by molar-refractivity contribution is 0.0950. The number of nitrogens with one attached hydrogen (secondary N) is 2. The lowest BCUT2D eigenvalue weighted by atomic mass is 9.90. The fourth-order valence-corrected chi connectivity index (χ4v) is 2.32. The minimum Gasteiger partial charge on any atom is -0.350 e. The number of amides is 1. The van der Waals surface area contributed by atoms with Crippen molar-refractivity contribution in [2.24, 2.45) is 0 Å². The molecule has 106 valence electrons. The van der Waals surface area contributed by atoms with Crippen LogP contribution in [0.15, 0.2) is 18.2 Å². The SMILES string of the molecule is CNC(C)CNC(=O)c1ccc2c(c1)CCCC2.Cl. The molecular weight excluding hydrogens is 260 g/mol. The summed E-state index contributed by atoms with van der Waals surface area (Å²) in [4.78, 5) is 12.0. The van der Waals surface area contributed by atoms with E-state index < -0.39 is 0 Å². The summed E-state index contributed by atoms with van der Waals surface area (Å²) in [6.07, 6.45) is 4.80. The average molecular weight is 283 g/mol. The Morgan fingerprint density at radius 1 is 1.26 bits per heavy atom. The van der Waals surface area contributed by atoms with E-state index in [4.69, 9.17) is 0 Å². The summed E-state index contributed by atoms with van der Waals surface area (Å²) in [5.41, 5.74) is 3.57. The van der Waals surface area contributed by atoms with E-state index in [2.05, 4.69) is 22.8 Å². The molecule has 3 nitrogen and oxygen atoms in total. The molecule has 0 bridgehead atoms. The molecule has 1 aromatic rings. The number of aryl methyl sites for hydroxylation is 2. The van der Waals surface area contributed by atoms with Crippen LogP contribution in [0.5, 0.6) is 0 Å². The second kappa shape index (κ2) is 7.51. The van der Waals surface area contributed by atoms with Gasteiger partial charge < -0.3 is 10.6 Å². The standard InChI is InChI=1S/C15H22N2O.ClH/c1-11(16-2)10-17-15(18)14-8-7-12-5-3-4-6-13(12)9-14;/h7-9,11,16H,3-6,10H2,1-2H3,(H,17,18);1H. The zero-order chi connectivity index (χ0) is 13.0. The largest absolute Gasteiger partial charge is 0.350 e. The molecule has 4 heteroatoms. The van der Waals surface area contributed by atoms with Gasteiger partial charge in [0, 0.05) is 18.2 Å². The van der Waals surface area contributed by atoms with Crippen LogP contribution in [-0.4, -0.2) is 25.5 Å². The van der Waals surface area contributed by atoms with Crippen LogP contribution >= 0.6 is 12.4 Å². The minimum absolute atomic E-state index is 0. The van der Waals surface area contributed by atoms with Crippen LogP contribution in [0.1, 0.15) is 41.3 Å². The Bertz CT molecular complexity index is 434. The number of hydrogen-bond donors (Lipinski definition) is 2. The lowest BCUT2D eigenvalue weighted by Crippen LogP contribution is -2.37. The topological polar surface area (TPSA) is 41.1 Å². The summed E-state index contributed by atoms with van der Waals surface area (Å²) in [5.74, 6) is 0.0328. The number of fused-ring (bicyclic) bond motifs is 1. The van der Waals surface area contributed by atoms with Crippen LogP contribution in [-0.2, 0) is 12.8 Å². The van der Waals surface area contributed by atoms with E-state index in [1.807, 2.05) is 20.0 Å². The highest BCUT2D eigenvalue weighted by molar-refractivity contribution is 5.94. The summed E-state index contributed by atoms with van der Waals surface area (Å²) >= 11 is 0. The molecule has 0 radical (unpaired) electrons. The Morgan fingerprint density at radius 2 is 1.95 bits per heavy atom. The maximum Gasteiger partial charge on any atom is 0.251 e. The van der Waals surface area contributed by atoms with Crippen molar-refractivity contribution in [3.05, 3.63) is 34.9 Å². The Balaban J connectivity index is 0.00000180. The van der Waals surface area contributed by atoms with Gasteiger partial charge in [0.25, 0.3) is 5.91 Å². The first-order chi connectivity index (χ1) is 8.70. The van der Waals surface area contributed by atoms with Crippen LogP contribution in [0.25, 0.3) is 0 Å². The van der Waals surface area contributed by atoms with E-state index in [0.717, 1.165) is 18.4 Å². The van der Waals surface area contributed by atoms with Gasteiger partial charge in [0.1, 0.15) is 0 Å². The molecule has 0 heterocycles. The highest BCUT2D eigenvalue weighted by Gasteiger charge is 2.12. The first kappa shape index (κ1) is 16.0. The summed E-state index contributed by atoms with van der Waals surface area (Å²) in [6.45, 7) is 2.71. The van der Waals surface area contributed by atoms with Crippen molar-refractivity contribution < 1.29 is 4.79 Å². The predicted molar refractivity (Wildman–Crippen MR) is 81.2 cm³/mol. The van der Waals surface area contributed by atoms with Gasteiger partial charge in [-0.1, -0.05) is 6.07 Å². The molecule has 1 aliphatic rings. The highest BCUT2D eigenvalue weighted by Crippen LogP contribution is 2.22. The van der Waals surface area contributed by atoms with Crippen LogP contribution in [0.3, 0.4) is 0 Å². The Hall–Kier alpha value is -1.06. The van der Waals surface area contributed by atoms with E-state index in [-0.39, 0.29) is 18.3 Å². The van der Waals surface area contributed by atoms with Crippen molar-refractivity contribution >= 4 is 18.3 Å². The minimum atomic E-state index is 0. The van der Waals surface area contributed by atoms with Gasteiger partial charge in [0.05, 0.1) is 0 Å². The smallest absolute Gasteiger partial charge is 0.251 e. The number of benzene rings is 1. The van der Waals surface area contributed by atoms with Crippen LogP contribution < -0.4 is 10.6 Å². The second-order valence-corrected chi connectivity index (χ2v) is 5.09. The van der Waals surface area contributed by atoms with Crippen LogP contribution in [0, 0.1) is 0 Å². The van der Waals surface area contributed by atoms with Gasteiger partial charge in [-0.25, -0.2) is 0 Å². The molecular formula is C15H23ClN2O. The number of hydrogen-bond acceptors (Lipinski definition) is 2. The number of rotatable bonds is 4. The number of likely N-dealkylation sites (N-methyl/N-ethyl adjacent to an activating group) is 1. The van der Waals surface area contributed by atoms with Crippen LogP contribution in [0.2, 0.25) is 0 Å². The van der Waals surface area contributed by atoms with Crippen molar-refractivity contribution in [3.63, 3.8) is 0 Å². The normalized spacial score (nSPS) is 15.1. The molecule has 2 N–H and O–H groups in total. The quantitative estimate of drug-likeness (QED) is 0.890. The van der Waals surface area contributed by atoms with Gasteiger partial charge in [0.2, 0.25) is 0 Å². The van der Waals surface area contributed by atoms with Gasteiger partial charge >= 0.3 is 0 Å². The predicted octanol–water partition coefficient (Wildman–Crippen LogP) is 2.32. The molecule has 0 aromatic heterocycles. The maximum absolute atomic E-state index is 12.0. The molecule has 1 unspecified atom stereocenters. The molecule has 1 aliphatic carbocycles. The molecule has 1 aromatic carbocycles. The van der Waals surface area contributed by atoms with Gasteiger partial charge in [-0.05, 0) is 62.9 Å². The molecule has 1 amide bonds. The Labute approximate surface area is 121 Å². The summed E-state index contributed by atoms with van der Waals surface area (Å²) in [7, 11) is 1.90. The fourth-order valence-electron chi connectivity index (χ4n) is 2.32. The van der Waals surface area contributed by atoms with Crippen molar-refractivity contribution in [2.45, 2.75) is 38.6 Å². The number of carbonyl (C=O) groups excluding carboxylic acids is 1. The van der Waals surface area contributed by atoms with Gasteiger partial charge in [-0.3, -0.25) is 4.79 Å². The molecule has 0 fully saturated rings. The van der Waals surface area contributed by atoms with Crippen LogP contribution in [0.4, 0.5) is 0 Å². The summed E-state index contributed by atoms with van der Waals surface area (Å²) < 4.78 is 0. The van der Waals surface area contributed by atoms with E-state index >= 15 is 0 Å². The van der Waals surface area contributed by atoms with Crippen molar-refractivity contribution in [3.8, 4) is 0 Å². The molecule has 0 saturated carbocycles. The number of halogens is 1. The summed E-state index contributed by atoms with van der Waals surface area (Å²) in [6, 6.07) is 6.43. The number of carbonyl (C=O) groups is 1. The molecule has 19 heavy (non-hydrogen) atoms. The molecule has 0 aliphatic heterocycles. The zero-order valence-corrected chi connectivity index (χ0v) is 12.5. The fraction of sp³-hybridized carbons (Fsp3) is 0.533. The van der Waals surface area contributed by atoms with Gasteiger partial charge in [-0.2, -0.15) is 0 Å². The van der Waals surface area contributed by atoms with Crippen molar-refractivity contribution in [1.29, 1.82) is 0 Å². The zero-order valence-electron chi connectivity index (χ0n) is 11.7. The third-order valence-corrected chi connectivity index (χ3v) is 3.67. The second-order valence-electron chi connectivity index (χ2n) is 5.09. The molecule has 0 saturated heterocycles. The average Bonchev–Trinajstić information content (AvgIpc) is 2.43. The lowest BCUT2D eigenvalue weighted by Gasteiger charge is -2.17. The maximum atomic E-state index is 12.0. The van der Waals surface area contributed by atoms with Crippen molar-refractivity contribution in [2.75, 3.05) is 13.6 Å². The van der Waals surface area contributed by atoms with Gasteiger partial charge in [0.15, 0.2) is 0 Å². The van der Waals surface area contributed by atoms with E-state index in [1.165, 1.54) is 24.0 Å². The molecule has 2 rings (SSSR count). The molecule has 1 atom stereocenters. The monoisotopic (exact) mass is 282 g/mol. The highest BCUT2D eigenvalue weighted by atomic mass is 35.5. The summed E-state index contributed by atoms with van der Waals surface area (Å²) in [5, 5.41) is 6.06. The van der Waals surface area contributed by atoms with Crippen molar-refractivity contribution in [1.82, 2.24) is 10.6 Å². The van der Waals surface area contributed by atoms with E-state index in [1.54, 1.807) is 0 Å². The Morgan fingerprint density at radius 3 is 2.63 bits per heavy atom. The van der Waals surface area contributed by atoms with E-state index in [9.17, 15) is 4.79 Å². The third-order valence-electron chi connectivity index (χ3n) is 3.67. The van der Waals surface area contributed by atoms with Gasteiger partial charge in [-0.15, -0.1) is 12.4 Å². The first-order valence-corrected chi connectivity index (χ1v) is 6.78.